The summed E-state index contributed by atoms with van der Waals surface area (Å²) >= 11 is 0. The Labute approximate surface area is 167 Å². The minimum Gasteiger partial charge on any atom is -0.339 e. The van der Waals surface area contributed by atoms with E-state index in [1.54, 1.807) is 6.08 Å². The molecule has 146 valence electrons. The monoisotopic (exact) mass is 376 g/mol. The van der Waals surface area contributed by atoms with Crippen LogP contribution in [0.2, 0.25) is 0 Å². The molecule has 0 bridgehead atoms. The number of rotatable bonds is 5. The maximum absolute atomic E-state index is 12.9. The number of amides is 2. The van der Waals surface area contributed by atoms with Crippen LogP contribution in [0.3, 0.4) is 0 Å². The molecule has 2 aromatic rings. The second-order valence-corrected chi connectivity index (χ2v) is 7.38. The molecule has 1 atom stereocenters. The highest BCUT2D eigenvalue weighted by Gasteiger charge is 2.30. The Hall–Kier alpha value is -2.88. The Kier molecular flexibility index (Phi) is 6.64. The van der Waals surface area contributed by atoms with Crippen molar-refractivity contribution >= 4 is 17.9 Å². The van der Waals surface area contributed by atoms with Crippen molar-refractivity contribution in [3.05, 3.63) is 77.9 Å². The lowest BCUT2D eigenvalue weighted by molar-refractivity contribution is -0.139. The van der Waals surface area contributed by atoms with Crippen LogP contribution in [-0.4, -0.2) is 41.8 Å². The van der Waals surface area contributed by atoms with Gasteiger partial charge in [-0.1, -0.05) is 60.7 Å². The third-order valence-corrected chi connectivity index (χ3v) is 5.58. The molecule has 3 rings (SSSR count). The van der Waals surface area contributed by atoms with Gasteiger partial charge in [-0.25, -0.2) is 0 Å². The average molecular weight is 377 g/mol. The summed E-state index contributed by atoms with van der Waals surface area (Å²) in [7, 11) is 1.88. The van der Waals surface area contributed by atoms with Crippen LogP contribution in [0.15, 0.2) is 66.7 Å². The zero-order valence-corrected chi connectivity index (χ0v) is 16.6. The highest BCUT2D eigenvalue weighted by Crippen LogP contribution is 2.25. The molecular weight excluding hydrogens is 348 g/mol. The van der Waals surface area contributed by atoms with Gasteiger partial charge < -0.3 is 9.80 Å². The molecule has 1 saturated heterocycles. The van der Waals surface area contributed by atoms with Crippen LogP contribution in [0.5, 0.6) is 0 Å². The quantitative estimate of drug-likeness (QED) is 0.735. The van der Waals surface area contributed by atoms with Crippen LogP contribution < -0.4 is 0 Å². The average Bonchev–Trinajstić information content (AvgIpc) is 2.77. The third-order valence-electron chi connectivity index (χ3n) is 5.58. The fourth-order valence-corrected chi connectivity index (χ4v) is 3.62. The lowest BCUT2D eigenvalue weighted by Crippen LogP contribution is -2.43. The van der Waals surface area contributed by atoms with Crippen molar-refractivity contribution in [3.63, 3.8) is 0 Å². The Balaban J connectivity index is 1.52. The minimum atomic E-state index is -0.0154. The van der Waals surface area contributed by atoms with Gasteiger partial charge in [0.1, 0.15) is 0 Å². The lowest BCUT2D eigenvalue weighted by atomic mass is 9.94. The van der Waals surface area contributed by atoms with E-state index in [1.807, 2.05) is 71.5 Å². The first-order valence-corrected chi connectivity index (χ1v) is 9.90. The van der Waals surface area contributed by atoms with Crippen molar-refractivity contribution in [1.29, 1.82) is 0 Å². The Morgan fingerprint density at radius 3 is 2.18 bits per heavy atom. The second kappa shape index (κ2) is 9.36. The van der Waals surface area contributed by atoms with E-state index in [9.17, 15) is 9.59 Å². The molecule has 0 aromatic heterocycles. The van der Waals surface area contributed by atoms with Crippen molar-refractivity contribution in [2.75, 3.05) is 20.1 Å². The first-order chi connectivity index (χ1) is 13.6. The van der Waals surface area contributed by atoms with E-state index in [2.05, 4.69) is 19.1 Å². The molecular formula is C24H28N2O2. The van der Waals surface area contributed by atoms with Crippen LogP contribution >= 0.6 is 0 Å². The number of carbonyl (C=O) groups excluding carboxylic acids is 2. The molecule has 1 unspecified atom stereocenters. The van der Waals surface area contributed by atoms with Gasteiger partial charge in [-0.3, -0.25) is 9.59 Å². The fourth-order valence-electron chi connectivity index (χ4n) is 3.62. The van der Waals surface area contributed by atoms with Crippen molar-refractivity contribution in [1.82, 2.24) is 9.80 Å². The van der Waals surface area contributed by atoms with E-state index < -0.39 is 0 Å². The van der Waals surface area contributed by atoms with Gasteiger partial charge in [-0.05, 0) is 37.0 Å². The normalized spacial score (nSPS) is 16.1. The van der Waals surface area contributed by atoms with Gasteiger partial charge >= 0.3 is 0 Å². The van der Waals surface area contributed by atoms with E-state index in [1.165, 1.54) is 0 Å². The van der Waals surface area contributed by atoms with Gasteiger partial charge in [0.05, 0.1) is 6.04 Å². The summed E-state index contributed by atoms with van der Waals surface area (Å²) in [6.07, 6.45) is 4.90. The third kappa shape index (κ3) is 4.89. The standard InChI is InChI=1S/C24H28N2O2/c1-19(21-11-7-4-8-12-21)25(2)24(28)22-15-17-26(18-16-22)23(27)14-13-20-9-5-3-6-10-20/h3-14,19,22H,15-18H2,1-2H3/b14-13+. The van der Waals surface area contributed by atoms with Crippen LogP contribution in [0.4, 0.5) is 0 Å². The van der Waals surface area contributed by atoms with Crippen molar-refractivity contribution in [2.45, 2.75) is 25.8 Å². The van der Waals surface area contributed by atoms with Gasteiger partial charge in [-0.15, -0.1) is 0 Å². The number of piperidine rings is 1. The summed E-state index contributed by atoms with van der Waals surface area (Å²) in [5.41, 5.74) is 2.15. The summed E-state index contributed by atoms with van der Waals surface area (Å²) in [4.78, 5) is 29.0. The molecule has 0 saturated carbocycles. The zero-order chi connectivity index (χ0) is 19.9. The van der Waals surface area contributed by atoms with Gasteiger partial charge in [0, 0.05) is 32.1 Å². The number of benzene rings is 2. The van der Waals surface area contributed by atoms with Crippen molar-refractivity contribution in [2.24, 2.45) is 5.92 Å². The molecule has 2 amide bonds. The fraction of sp³-hybridized carbons (Fsp3) is 0.333. The molecule has 28 heavy (non-hydrogen) atoms. The largest absolute Gasteiger partial charge is 0.339 e. The number of likely N-dealkylation sites (tertiary alicyclic amines) is 1. The Morgan fingerprint density at radius 2 is 1.57 bits per heavy atom. The smallest absolute Gasteiger partial charge is 0.246 e. The Bertz CT molecular complexity index is 809. The number of nitrogens with zero attached hydrogens (tertiary/aromatic N) is 2. The molecule has 0 radical (unpaired) electrons. The molecule has 1 fully saturated rings. The zero-order valence-electron chi connectivity index (χ0n) is 16.6. The summed E-state index contributed by atoms with van der Waals surface area (Å²) in [5.74, 6) is 0.169. The van der Waals surface area contributed by atoms with Gasteiger partial charge in [-0.2, -0.15) is 0 Å². The van der Waals surface area contributed by atoms with E-state index in [4.69, 9.17) is 0 Å². The van der Waals surface area contributed by atoms with E-state index in [0.29, 0.717) is 13.1 Å². The molecule has 4 heteroatoms. The van der Waals surface area contributed by atoms with Gasteiger partial charge in [0.2, 0.25) is 11.8 Å². The molecule has 2 aromatic carbocycles. The predicted octanol–water partition coefficient (Wildman–Crippen LogP) is 4.16. The predicted molar refractivity (Wildman–Crippen MR) is 112 cm³/mol. The Morgan fingerprint density at radius 1 is 1.00 bits per heavy atom. The van der Waals surface area contributed by atoms with Crippen molar-refractivity contribution in [3.8, 4) is 0 Å². The lowest BCUT2D eigenvalue weighted by Gasteiger charge is -2.34. The molecule has 1 aliphatic heterocycles. The molecule has 0 spiro atoms. The summed E-state index contributed by atoms with van der Waals surface area (Å²) in [6, 6.07) is 19.9. The van der Waals surface area contributed by atoms with Crippen molar-refractivity contribution < 1.29 is 9.59 Å². The topological polar surface area (TPSA) is 40.6 Å². The summed E-state index contributed by atoms with van der Waals surface area (Å²) in [6.45, 7) is 3.31. The summed E-state index contributed by atoms with van der Waals surface area (Å²) < 4.78 is 0. The SMILES string of the molecule is CC(c1ccccc1)N(C)C(=O)C1CCN(C(=O)/C=C/c2ccccc2)CC1. The number of carbonyl (C=O) groups is 2. The van der Waals surface area contributed by atoms with Gasteiger partial charge in [0.15, 0.2) is 0 Å². The second-order valence-electron chi connectivity index (χ2n) is 7.38. The highest BCUT2D eigenvalue weighted by molar-refractivity contribution is 5.92. The minimum absolute atomic E-state index is 0.0146. The maximum Gasteiger partial charge on any atom is 0.246 e. The molecule has 1 heterocycles. The number of hydrogen-bond acceptors (Lipinski definition) is 2. The number of hydrogen-bond donors (Lipinski definition) is 0. The van der Waals surface area contributed by atoms with Crippen LogP contribution in [0, 0.1) is 5.92 Å². The van der Waals surface area contributed by atoms with E-state index >= 15 is 0 Å². The van der Waals surface area contributed by atoms with Crippen LogP contribution in [-0.2, 0) is 9.59 Å². The first-order valence-electron chi connectivity index (χ1n) is 9.90. The molecule has 0 aliphatic carbocycles. The molecule has 4 nitrogen and oxygen atoms in total. The molecule has 1 aliphatic rings. The van der Waals surface area contributed by atoms with Crippen LogP contribution in [0.1, 0.15) is 36.9 Å². The molecule has 0 N–H and O–H groups in total. The van der Waals surface area contributed by atoms with Crippen LogP contribution in [0.25, 0.3) is 6.08 Å². The highest BCUT2D eigenvalue weighted by atomic mass is 16.2. The maximum atomic E-state index is 12.9. The van der Waals surface area contributed by atoms with E-state index in [0.717, 1.165) is 24.0 Å². The summed E-state index contributed by atoms with van der Waals surface area (Å²) in [5, 5.41) is 0. The van der Waals surface area contributed by atoms with Gasteiger partial charge in [0.25, 0.3) is 0 Å². The first kappa shape index (κ1) is 19.9. The van der Waals surface area contributed by atoms with E-state index in [-0.39, 0.29) is 23.8 Å².